The molecule has 0 amide bonds. The van der Waals surface area contributed by atoms with Gasteiger partial charge in [-0.2, -0.15) is 13.2 Å². The number of hydrogen-bond donors (Lipinski definition) is 0. The molecule has 0 aliphatic heterocycles. The fourth-order valence-corrected chi connectivity index (χ4v) is 3.87. The van der Waals surface area contributed by atoms with Crippen molar-refractivity contribution in [3.8, 4) is 0 Å². The molecular formula is C12H21F3O3P-. The molecule has 2 atom stereocenters. The zero-order chi connectivity index (χ0) is 14.5. The van der Waals surface area contributed by atoms with Gasteiger partial charge in [0, 0.05) is 6.16 Å². The monoisotopic (exact) mass is 301 g/mol. The van der Waals surface area contributed by atoms with E-state index in [2.05, 4.69) is 4.52 Å². The first-order chi connectivity index (χ1) is 8.76. The fourth-order valence-electron chi connectivity index (χ4n) is 2.43. The lowest BCUT2D eigenvalue weighted by Gasteiger charge is -2.36. The maximum atomic E-state index is 13.0. The summed E-state index contributed by atoms with van der Waals surface area (Å²) in [5.74, 6) is -0.724. The second kappa shape index (κ2) is 7.09. The summed E-state index contributed by atoms with van der Waals surface area (Å²) in [6, 6.07) is 0. The van der Waals surface area contributed by atoms with Crippen LogP contribution in [-0.4, -0.2) is 18.4 Å². The standard InChI is InChI=1S/C12H22F3O3P/c1-2-3-9-19(16,17)18-11(12(13,14)15)10-7-5-4-6-8-10/h10-11H,2-9H2,1H3,(H,16,17)/p-1. The van der Waals surface area contributed by atoms with Crippen molar-refractivity contribution < 1.29 is 27.2 Å². The Morgan fingerprint density at radius 1 is 1.32 bits per heavy atom. The molecular weight excluding hydrogens is 280 g/mol. The Bertz CT molecular complexity index is 314. The molecule has 0 N–H and O–H groups in total. The van der Waals surface area contributed by atoms with Crippen LogP contribution in [0.15, 0.2) is 0 Å². The molecule has 0 aromatic rings. The zero-order valence-electron chi connectivity index (χ0n) is 11.1. The van der Waals surface area contributed by atoms with E-state index < -0.39 is 25.8 Å². The maximum absolute atomic E-state index is 13.0. The van der Waals surface area contributed by atoms with Crippen LogP contribution in [0.1, 0.15) is 51.9 Å². The van der Waals surface area contributed by atoms with Gasteiger partial charge < -0.3 is 14.0 Å². The quantitative estimate of drug-likeness (QED) is 0.700. The van der Waals surface area contributed by atoms with Crippen LogP contribution in [0.5, 0.6) is 0 Å². The number of halogens is 3. The molecule has 114 valence electrons. The lowest BCUT2D eigenvalue weighted by molar-refractivity contribution is -0.249. The summed E-state index contributed by atoms with van der Waals surface area (Å²) in [5.41, 5.74) is 0. The van der Waals surface area contributed by atoms with Crippen molar-refractivity contribution in [2.75, 3.05) is 6.16 Å². The molecule has 0 heterocycles. The topological polar surface area (TPSA) is 49.4 Å². The van der Waals surface area contributed by atoms with Crippen LogP contribution in [0.3, 0.4) is 0 Å². The van der Waals surface area contributed by atoms with Crippen LogP contribution in [0.2, 0.25) is 0 Å². The zero-order valence-corrected chi connectivity index (χ0v) is 12.0. The summed E-state index contributed by atoms with van der Waals surface area (Å²) in [6.45, 7) is 1.78. The third kappa shape index (κ3) is 5.84. The molecule has 1 saturated carbocycles. The minimum absolute atomic E-state index is 0.317. The van der Waals surface area contributed by atoms with E-state index >= 15 is 0 Å². The van der Waals surface area contributed by atoms with E-state index in [1.807, 2.05) is 0 Å². The molecule has 1 fully saturated rings. The van der Waals surface area contributed by atoms with E-state index in [0.717, 1.165) is 6.42 Å². The van der Waals surface area contributed by atoms with Gasteiger partial charge in [-0.15, -0.1) is 0 Å². The van der Waals surface area contributed by atoms with Gasteiger partial charge >= 0.3 is 6.18 Å². The minimum atomic E-state index is -4.62. The van der Waals surface area contributed by atoms with Crippen molar-refractivity contribution in [1.29, 1.82) is 0 Å². The second-order valence-corrected chi connectivity index (χ2v) is 7.03. The van der Waals surface area contributed by atoms with Crippen LogP contribution >= 0.6 is 7.60 Å². The Morgan fingerprint density at radius 3 is 2.37 bits per heavy atom. The van der Waals surface area contributed by atoms with E-state index in [1.165, 1.54) is 0 Å². The first kappa shape index (κ1) is 17.0. The van der Waals surface area contributed by atoms with Crippen molar-refractivity contribution in [1.82, 2.24) is 0 Å². The Labute approximate surface area is 112 Å². The average Bonchev–Trinajstić information content (AvgIpc) is 2.33. The summed E-state index contributed by atoms with van der Waals surface area (Å²) in [6.07, 6.45) is -3.06. The Kier molecular flexibility index (Phi) is 6.34. The van der Waals surface area contributed by atoms with Crippen LogP contribution in [0.4, 0.5) is 13.2 Å². The fraction of sp³-hybridized carbons (Fsp3) is 1.00. The first-order valence-corrected chi connectivity index (χ1v) is 8.54. The van der Waals surface area contributed by atoms with Gasteiger partial charge in [0.25, 0.3) is 0 Å². The van der Waals surface area contributed by atoms with Crippen molar-refractivity contribution in [2.45, 2.75) is 64.1 Å². The van der Waals surface area contributed by atoms with Gasteiger partial charge in [0.15, 0.2) is 6.10 Å². The predicted molar refractivity (Wildman–Crippen MR) is 64.9 cm³/mol. The largest absolute Gasteiger partial charge is 0.778 e. The summed E-state index contributed by atoms with van der Waals surface area (Å²) in [7, 11) is -4.40. The van der Waals surface area contributed by atoms with Crippen molar-refractivity contribution in [3.05, 3.63) is 0 Å². The predicted octanol–water partition coefficient (Wildman–Crippen LogP) is 3.87. The van der Waals surface area contributed by atoms with E-state index in [1.54, 1.807) is 6.92 Å². The molecule has 0 aromatic heterocycles. The average molecular weight is 301 g/mol. The highest BCUT2D eigenvalue weighted by Crippen LogP contribution is 2.47. The normalized spacial score (nSPS) is 23.0. The van der Waals surface area contributed by atoms with Gasteiger partial charge in [-0.25, -0.2) is 0 Å². The van der Waals surface area contributed by atoms with Crippen LogP contribution in [0, 0.1) is 5.92 Å². The van der Waals surface area contributed by atoms with Crippen LogP contribution in [0.25, 0.3) is 0 Å². The van der Waals surface area contributed by atoms with Crippen molar-refractivity contribution in [2.24, 2.45) is 5.92 Å². The third-order valence-corrected chi connectivity index (χ3v) is 4.87. The molecule has 1 aliphatic rings. The van der Waals surface area contributed by atoms with E-state index in [0.29, 0.717) is 38.5 Å². The summed E-state index contributed by atoms with van der Waals surface area (Å²) >= 11 is 0. The van der Waals surface area contributed by atoms with Crippen LogP contribution < -0.4 is 4.89 Å². The molecule has 1 rings (SSSR count). The highest BCUT2D eigenvalue weighted by atomic mass is 31.2. The SMILES string of the molecule is CCCCP(=O)([O-])OC(C1CCCCC1)C(F)(F)F. The van der Waals surface area contributed by atoms with Gasteiger partial charge in [-0.3, -0.25) is 0 Å². The van der Waals surface area contributed by atoms with Crippen LogP contribution in [-0.2, 0) is 9.09 Å². The molecule has 1 aliphatic carbocycles. The van der Waals surface area contributed by atoms with Crippen molar-refractivity contribution in [3.63, 3.8) is 0 Å². The molecule has 7 heteroatoms. The Hall–Kier alpha value is -0.0600. The van der Waals surface area contributed by atoms with E-state index in [4.69, 9.17) is 0 Å². The van der Waals surface area contributed by atoms with Gasteiger partial charge in [-0.1, -0.05) is 32.6 Å². The van der Waals surface area contributed by atoms with E-state index in [9.17, 15) is 22.6 Å². The van der Waals surface area contributed by atoms with Gasteiger partial charge in [0.1, 0.15) is 7.60 Å². The maximum Gasteiger partial charge on any atom is 0.415 e. The Balaban J connectivity index is 2.71. The summed E-state index contributed by atoms with van der Waals surface area (Å²) in [4.78, 5) is 11.6. The molecule has 2 unspecified atom stereocenters. The number of unbranched alkanes of at least 4 members (excludes halogenated alkanes) is 1. The van der Waals surface area contributed by atoms with Gasteiger partial charge in [0.05, 0.1) is 0 Å². The second-order valence-electron chi connectivity index (χ2n) is 5.15. The lowest BCUT2D eigenvalue weighted by Crippen LogP contribution is -2.40. The highest BCUT2D eigenvalue weighted by Gasteiger charge is 2.47. The first-order valence-electron chi connectivity index (χ1n) is 6.81. The lowest BCUT2D eigenvalue weighted by atomic mass is 9.85. The summed E-state index contributed by atoms with van der Waals surface area (Å²) in [5, 5.41) is 0. The molecule has 0 saturated heterocycles. The van der Waals surface area contributed by atoms with Gasteiger partial charge in [0.2, 0.25) is 0 Å². The Morgan fingerprint density at radius 2 is 1.89 bits per heavy atom. The smallest absolute Gasteiger partial charge is 0.415 e. The number of hydrogen-bond acceptors (Lipinski definition) is 3. The van der Waals surface area contributed by atoms with Crippen molar-refractivity contribution >= 4 is 7.60 Å². The number of alkyl halides is 3. The molecule has 19 heavy (non-hydrogen) atoms. The minimum Gasteiger partial charge on any atom is -0.778 e. The molecule has 0 bridgehead atoms. The molecule has 0 spiro atoms. The molecule has 0 radical (unpaired) electrons. The molecule has 3 nitrogen and oxygen atoms in total. The van der Waals surface area contributed by atoms with Gasteiger partial charge in [-0.05, 0) is 25.2 Å². The summed E-state index contributed by atoms with van der Waals surface area (Å²) < 4.78 is 55.0. The number of rotatable bonds is 6. The van der Waals surface area contributed by atoms with E-state index in [-0.39, 0.29) is 6.16 Å². The third-order valence-electron chi connectivity index (χ3n) is 3.46. The molecule has 0 aromatic carbocycles. The highest BCUT2D eigenvalue weighted by molar-refractivity contribution is 7.51.